The molecule has 5 nitrogen and oxygen atoms in total. The van der Waals surface area contributed by atoms with Crippen LogP contribution in [0, 0.1) is 0 Å². The molecule has 1 aromatic heterocycles. The lowest BCUT2D eigenvalue weighted by Crippen LogP contribution is -2.34. The number of carbonyl (C=O) groups is 1. The van der Waals surface area contributed by atoms with E-state index in [1.54, 1.807) is 12.5 Å². The van der Waals surface area contributed by atoms with E-state index in [2.05, 4.69) is 15.2 Å². The number of halogens is 2. The lowest BCUT2D eigenvalue weighted by Gasteiger charge is -2.24. The van der Waals surface area contributed by atoms with Gasteiger partial charge in [-0.3, -0.25) is 4.79 Å². The molecular weight excluding hydrogens is 419 g/mol. The maximum Gasteiger partial charge on any atom is 0.251 e. The van der Waals surface area contributed by atoms with Crippen molar-refractivity contribution in [3.05, 3.63) is 82.4 Å². The van der Waals surface area contributed by atoms with Crippen molar-refractivity contribution in [3.8, 4) is 5.69 Å². The van der Waals surface area contributed by atoms with Crippen LogP contribution < -0.4 is 5.32 Å². The van der Waals surface area contributed by atoms with Gasteiger partial charge in [-0.1, -0.05) is 29.3 Å². The fraction of sp³-hybridized carbons (Fsp3) is 0.304. The Morgan fingerprint density at radius 2 is 1.83 bits per heavy atom. The number of hydrogen-bond acceptors (Lipinski definition) is 3. The molecule has 1 fully saturated rings. The number of carbonyl (C=O) groups excluding carboxylic acids is 1. The Balaban J connectivity index is 1.44. The summed E-state index contributed by atoms with van der Waals surface area (Å²) in [4.78, 5) is 19.2. The highest BCUT2D eigenvalue weighted by molar-refractivity contribution is 6.42. The second-order valence-electron chi connectivity index (χ2n) is 7.61. The van der Waals surface area contributed by atoms with E-state index in [4.69, 9.17) is 23.2 Å². The van der Waals surface area contributed by atoms with Crippen LogP contribution in [0.15, 0.2) is 61.2 Å². The molecule has 0 aliphatic carbocycles. The van der Waals surface area contributed by atoms with Crippen LogP contribution in [-0.2, 0) is 0 Å². The molecule has 1 aliphatic heterocycles. The Labute approximate surface area is 186 Å². The van der Waals surface area contributed by atoms with Gasteiger partial charge in [-0.15, -0.1) is 0 Å². The van der Waals surface area contributed by atoms with E-state index in [0.717, 1.165) is 30.9 Å². The van der Waals surface area contributed by atoms with E-state index >= 15 is 0 Å². The molecule has 2 aromatic carbocycles. The van der Waals surface area contributed by atoms with Gasteiger partial charge >= 0.3 is 0 Å². The van der Waals surface area contributed by atoms with Crippen LogP contribution in [0.1, 0.15) is 34.7 Å². The minimum absolute atomic E-state index is 0.0846. The zero-order valence-electron chi connectivity index (χ0n) is 16.6. The van der Waals surface area contributed by atoms with Crippen molar-refractivity contribution in [1.29, 1.82) is 0 Å². The lowest BCUT2D eigenvalue weighted by atomic mass is 9.98. The minimum Gasteiger partial charge on any atom is -0.351 e. The number of benzene rings is 2. The average Bonchev–Trinajstić information content (AvgIpc) is 3.47. The van der Waals surface area contributed by atoms with Crippen molar-refractivity contribution in [2.75, 3.05) is 26.2 Å². The van der Waals surface area contributed by atoms with Crippen molar-refractivity contribution < 1.29 is 4.79 Å². The molecule has 2 heterocycles. The highest BCUT2D eigenvalue weighted by atomic mass is 35.5. The molecule has 1 saturated heterocycles. The summed E-state index contributed by atoms with van der Waals surface area (Å²) in [6.45, 7) is 3.62. The minimum atomic E-state index is -0.0846. The van der Waals surface area contributed by atoms with E-state index in [-0.39, 0.29) is 11.8 Å². The zero-order chi connectivity index (χ0) is 20.9. The molecule has 1 amide bonds. The molecule has 1 N–H and O–H groups in total. The first-order valence-electron chi connectivity index (χ1n) is 10.1. The number of rotatable bonds is 7. The van der Waals surface area contributed by atoms with Crippen molar-refractivity contribution >= 4 is 29.1 Å². The van der Waals surface area contributed by atoms with Crippen LogP contribution in [0.5, 0.6) is 0 Å². The first-order chi connectivity index (χ1) is 14.6. The molecule has 3 aromatic rings. The van der Waals surface area contributed by atoms with Crippen LogP contribution in [-0.4, -0.2) is 46.5 Å². The summed E-state index contributed by atoms with van der Waals surface area (Å²) in [6.07, 6.45) is 7.78. The SMILES string of the molecule is O=C(NCC(CN1CCCC1)c1ccc(Cl)c(Cl)c1)c1ccc(-n2ccnc2)cc1. The van der Waals surface area contributed by atoms with Crippen molar-refractivity contribution in [2.24, 2.45) is 0 Å². The van der Waals surface area contributed by atoms with E-state index < -0.39 is 0 Å². The Morgan fingerprint density at radius 3 is 2.50 bits per heavy atom. The van der Waals surface area contributed by atoms with E-state index in [1.807, 2.05) is 53.2 Å². The molecule has 0 saturated carbocycles. The predicted molar refractivity (Wildman–Crippen MR) is 121 cm³/mol. The summed E-state index contributed by atoms with van der Waals surface area (Å²) in [5.74, 6) is 0.0608. The monoisotopic (exact) mass is 442 g/mol. The van der Waals surface area contributed by atoms with Crippen molar-refractivity contribution in [1.82, 2.24) is 19.8 Å². The molecule has 1 unspecified atom stereocenters. The zero-order valence-corrected chi connectivity index (χ0v) is 18.1. The van der Waals surface area contributed by atoms with Gasteiger partial charge in [0.25, 0.3) is 5.91 Å². The molecule has 0 bridgehead atoms. The summed E-state index contributed by atoms with van der Waals surface area (Å²) >= 11 is 12.3. The van der Waals surface area contributed by atoms with Crippen molar-refractivity contribution in [2.45, 2.75) is 18.8 Å². The number of imidazole rings is 1. The van der Waals surface area contributed by atoms with Crippen LogP contribution in [0.4, 0.5) is 0 Å². The number of amides is 1. The molecular formula is C23H24Cl2N4O. The smallest absolute Gasteiger partial charge is 0.251 e. The number of aromatic nitrogens is 2. The molecule has 7 heteroatoms. The van der Waals surface area contributed by atoms with Gasteiger partial charge in [0.2, 0.25) is 0 Å². The number of nitrogens with zero attached hydrogens (tertiary/aromatic N) is 3. The fourth-order valence-electron chi connectivity index (χ4n) is 3.85. The summed E-state index contributed by atoms with van der Waals surface area (Å²) in [5, 5.41) is 4.19. The quantitative estimate of drug-likeness (QED) is 0.572. The first kappa shape index (κ1) is 20.9. The van der Waals surface area contributed by atoms with E-state index in [1.165, 1.54) is 12.8 Å². The topological polar surface area (TPSA) is 50.2 Å². The molecule has 0 radical (unpaired) electrons. The maximum atomic E-state index is 12.7. The highest BCUT2D eigenvalue weighted by Crippen LogP contribution is 2.27. The normalized spacial score (nSPS) is 15.3. The van der Waals surface area contributed by atoms with Gasteiger partial charge in [-0.2, -0.15) is 0 Å². The van der Waals surface area contributed by atoms with Crippen LogP contribution >= 0.6 is 23.2 Å². The van der Waals surface area contributed by atoms with Crippen molar-refractivity contribution in [3.63, 3.8) is 0 Å². The number of hydrogen-bond donors (Lipinski definition) is 1. The lowest BCUT2D eigenvalue weighted by molar-refractivity contribution is 0.0949. The summed E-state index contributed by atoms with van der Waals surface area (Å²) in [6, 6.07) is 13.2. The molecule has 0 spiro atoms. The van der Waals surface area contributed by atoms with Crippen LogP contribution in [0.2, 0.25) is 10.0 Å². The molecule has 1 atom stereocenters. The van der Waals surface area contributed by atoms with Gasteiger partial charge in [0.15, 0.2) is 0 Å². The molecule has 156 valence electrons. The van der Waals surface area contributed by atoms with Gasteiger partial charge < -0.3 is 14.8 Å². The Hall–Kier alpha value is -2.34. The molecule has 30 heavy (non-hydrogen) atoms. The number of nitrogens with one attached hydrogen (secondary N) is 1. The van der Waals surface area contributed by atoms with Gasteiger partial charge in [0.05, 0.1) is 16.4 Å². The summed E-state index contributed by atoms with van der Waals surface area (Å²) < 4.78 is 1.90. The number of likely N-dealkylation sites (tertiary alicyclic amines) is 1. The van der Waals surface area contributed by atoms with E-state index in [9.17, 15) is 4.79 Å². The Kier molecular flexibility index (Phi) is 6.72. The van der Waals surface area contributed by atoms with Crippen LogP contribution in [0.25, 0.3) is 5.69 Å². The summed E-state index contributed by atoms with van der Waals surface area (Å²) in [7, 11) is 0. The second kappa shape index (κ2) is 9.65. The molecule has 1 aliphatic rings. The molecule has 4 rings (SSSR count). The largest absolute Gasteiger partial charge is 0.351 e. The maximum absolute atomic E-state index is 12.7. The summed E-state index contributed by atoms with van der Waals surface area (Å²) in [5.41, 5.74) is 2.69. The predicted octanol–water partition coefficient (Wildman–Crippen LogP) is 4.79. The third-order valence-electron chi connectivity index (χ3n) is 5.53. The Morgan fingerprint density at radius 1 is 1.07 bits per heavy atom. The second-order valence-corrected chi connectivity index (χ2v) is 8.42. The van der Waals surface area contributed by atoms with Gasteiger partial charge in [0.1, 0.15) is 0 Å². The highest BCUT2D eigenvalue weighted by Gasteiger charge is 2.21. The third kappa shape index (κ3) is 5.04. The van der Waals surface area contributed by atoms with Gasteiger partial charge in [0, 0.05) is 42.7 Å². The first-order valence-corrected chi connectivity index (χ1v) is 10.9. The average molecular weight is 443 g/mol. The van der Waals surface area contributed by atoms with Crippen LogP contribution in [0.3, 0.4) is 0 Å². The fourth-order valence-corrected chi connectivity index (χ4v) is 4.15. The third-order valence-corrected chi connectivity index (χ3v) is 6.27. The van der Waals surface area contributed by atoms with E-state index in [0.29, 0.717) is 22.2 Å². The standard InChI is InChI=1S/C23H24Cl2N4O/c24-21-8-5-18(13-22(21)25)19(15-28-10-1-2-11-28)14-27-23(30)17-3-6-20(7-4-17)29-12-9-26-16-29/h3-9,12-13,16,19H,1-2,10-11,14-15H2,(H,27,30). The Bertz CT molecular complexity index is 983. The van der Waals surface area contributed by atoms with Gasteiger partial charge in [-0.25, -0.2) is 4.98 Å². The van der Waals surface area contributed by atoms with Gasteiger partial charge in [-0.05, 0) is 67.9 Å².